The Labute approximate surface area is 187 Å². The summed E-state index contributed by atoms with van der Waals surface area (Å²) in [7, 11) is -3.43. The number of carbonyl (C=O) groups is 1. The lowest BCUT2D eigenvalue weighted by Gasteiger charge is -2.21. The molecule has 3 rings (SSSR count). The molecule has 1 atom stereocenters. The highest BCUT2D eigenvalue weighted by Gasteiger charge is 2.21. The third-order valence-electron chi connectivity index (χ3n) is 4.68. The van der Waals surface area contributed by atoms with Gasteiger partial charge in [0.1, 0.15) is 6.04 Å². The molecule has 0 aromatic heterocycles. The van der Waals surface area contributed by atoms with Crippen molar-refractivity contribution in [2.45, 2.75) is 19.9 Å². The number of amides is 1. The molecule has 1 unspecified atom stereocenters. The van der Waals surface area contributed by atoms with Crippen LogP contribution in [0.1, 0.15) is 22.7 Å². The van der Waals surface area contributed by atoms with E-state index in [1.807, 2.05) is 43.3 Å². The van der Waals surface area contributed by atoms with E-state index in [4.69, 9.17) is 11.6 Å². The maximum absolute atomic E-state index is 13.2. The van der Waals surface area contributed by atoms with Gasteiger partial charge in [-0.1, -0.05) is 54.1 Å². The molecule has 0 aliphatic heterocycles. The van der Waals surface area contributed by atoms with E-state index in [1.54, 1.807) is 37.3 Å². The third-order valence-corrected chi connectivity index (χ3v) is 5.68. The molecule has 0 saturated heterocycles. The van der Waals surface area contributed by atoms with Crippen molar-refractivity contribution in [2.75, 3.05) is 21.6 Å². The largest absolute Gasteiger partial charge is 0.370 e. The molecular weight excluding hydrogens is 434 g/mol. The monoisotopic (exact) mass is 457 g/mol. The van der Waals surface area contributed by atoms with Gasteiger partial charge in [-0.3, -0.25) is 9.52 Å². The van der Waals surface area contributed by atoms with E-state index in [2.05, 4.69) is 15.4 Å². The minimum atomic E-state index is -3.43. The number of anilines is 3. The van der Waals surface area contributed by atoms with E-state index in [-0.39, 0.29) is 5.91 Å². The normalized spacial score (nSPS) is 12.1. The number of aryl methyl sites for hydroxylation is 2. The number of sulfonamides is 1. The molecule has 0 bridgehead atoms. The molecule has 0 saturated carbocycles. The molecule has 3 N–H and O–H groups in total. The van der Waals surface area contributed by atoms with Gasteiger partial charge in [0.15, 0.2) is 0 Å². The summed E-state index contributed by atoms with van der Waals surface area (Å²) in [6.07, 6.45) is 1.10. The molecule has 1 amide bonds. The van der Waals surface area contributed by atoms with E-state index in [0.29, 0.717) is 22.1 Å². The van der Waals surface area contributed by atoms with Gasteiger partial charge in [0.05, 0.1) is 11.9 Å². The minimum absolute atomic E-state index is 0.274. The van der Waals surface area contributed by atoms with Crippen LogP contribution in [-0.2, 0) is 14.8 Å². The van der Waals surface area contributed by atoms with Gasteiger partial charge in [-0.25, -0.2) is 8.42 Å². The summed E-state index contributed by atoms with van der Waals surface area (Å²) in [4.78, 5) is 13.2. The Bertz CT molecular complexity index is 1200. The maximum Gasteiger partial charge on any atom is 0.251 e. The first kappa shape index (κ1) is 22.7. The van der Waals surface area contributed by atoms with Crippen molar-refractivity contribution in [1.82, 2.24) is 0 Å². The van der Waals surface area contributed by atoms with Crippen LogP contribution >= 0.6 is 11.6 Å². The number of hydrogen-bond donors (Lipinski definition) is 3. The summed E-state index contributed by atoms with van der Waals surface area (Å²) in [5.74, 6) is -0.274. The van der Waals surface area contributed by atoms with Crippen molar-refractivity contribution in [1.29, 1.82) is 0 Å². The van der Waals surface area contributed by atoms with Gasteiger partial charge in [0, 0.05) is 16.4 Å². The Morgan fingerprint density at radius 1 is 0.903 bits per heavy atom. The van der Waals surface area contributed by atoms with Gasteiger partial charge in [0.2, 0.25) is 10.0 Å². The van der Waals surface area contributed by atoms with Crippen LogP contribution in [0.2, 0.25) is 5.02 Å². The Hall–Kier alpha value is -3.03. The number of carbonyl (C=O) groups excluding carboxylic acids is 1. The molecule has 162 valence electrons. The van der Waals surface area contributed by atoms with E-state index in [1.165, 1.54) is 0 Å². The molecular formula is C23H24ClN3O3S. The van der Waals surface area contributed by atoms with Crippen LogP contribution in [0.5, 0.6) is 0 Å². The van der Waals surface area contributed by atoms with Crippen molar-refractivity contribution in [2.24, 2.45) is 0 Å². The number of hydrogen-bond acceptors (Lipinski definition) is 4. The zero-order valence-corrected chi connectivity index (χ0v) is 19.0. The summed E-state index contributed by atoms with van der Waals surface area (Å²) in [5, 5.41) is 6.68. The number of nitrogens with one attached hydrogen (secondary N) is 3. The number of benzene rings is 3. The molecule has 0 fully saturated rings. The second-order valence-corrected chi connectivity index (χ2v) is 9.50. The Kier molecular flexibility index (Phi) is 6.87. The summed E-state index contributed by atoms with van der Waals surface area (Å²) in [5.41, 5.74) is 4.09. The van der Waals surface area contributed by atoms with E-state index in [9.17, 15) is 13.2 Å². The number of halogens is 1. The molecule has 31 heavy (non-hydrogen) atoms. The van der Waals surface area contributed by atoms with Gasteiger partial charge < -0.3 is 10.6 Å². The fraction of sp³-hybridized carbons (Fsp3) is 0.174. The molecule has 8 heteroatoms. The quantitative estimate of drug-likeness (QED) is 0.459. The van der Waals surface area contributed by atoms with Crippen LogP contribution in [0, 0.1) is 13.8 Å². The van der Waals surface area contributed by atoms with Gasteiger partial charge in [0.25, 0.3) is 5.91 Å². The van der Waals surface area contributed by atoms with Crippen LogP contribution in [0.15, 0.2) is 66.7 Å². The fourth-order valence-electron chi connectivity index (χ4n) is 3.02. The summed E-state index contributed by atoms with van der Waals surface area (Å²) in [6.45, 7) is 3.70. The Morgan fingerprint density at radius 2 is 1.55 bits per heavy atom. The first-order valence-electron chi connectivity index (χ1n) is 9.59. The van der Waals surface area contributed by atoms with Gasteiger partial charge >= 0.3 is 0 Å². The molecule has 0 radical (unpaired) electrons. The van der Waals surface area contributed by atoms with Crippen LogP contribution in [0.25, 0.3) is 0 Å². The highest BCUT2D eigenvalue weighted by molar-refractivity contribution is 7.92. The molecule has 0 aliphatic carbocycles. The lowest BCUT2D eigenvalue weighted by atomic mass is 10.0. The first-order valence-corrected chi connectivity index (χ1v) is 11.9. The molecule has 0 spiro atoms. The van der Waals surface area contributed by atoms with Crippen LogP contribution in [0.3, 0.4) is 0 Å². The maximum atomic E-state index is 13.2. The van der Waals surface area contributed by atoms with E-state index >= 15 is 0 Å². The summed E-state index contributed by atoms with van der Waals surface area (Å²) in [6, 6.07) is 19.2. The van der Waals surface area contributed by atoms with Crippen molar-refractivity contribution in [3.63, 3.8) is 0 Å². The zero-order valence-electron chi connectivity index (χ0n) is 17.4. The molecule has 3 aromatic rings. The smallest absolute Gasteiger partial charge is 0.251 e. The Morgan fingerprint density at radius 3 is 2.19 bits per heavy atom. The minimum Gasteiger partial charge on any atom is -0.370 e. The second kappa shape index (κ2) is 9.41. The zero-order chi connectivity index (χ0) is 22.6. The second-order valence-electron chi connectivity index (χ2n) is 7.35. The standard InChI is InChI=1S/C23H24ClN3O3S/c1-15-9-11-18(13-20(15)24)26-23(28)22(17-7-5-4-6-8-17)25-19-12-10-16(2)21(14-19)27-31(3,29)30/h4-14,22,25,27H,1-3H3,(H,26,28). The predicted octanol–water partition coefficient (Wildman–Crippen LogP) is 5.12. The average Bonchev–Trinajstić information content (AvgIpc) is 2.71. The summed E-state index contributed by atoms with van der Waals surface area (Å²) >= 11 is 6.19. The third kappa shape index (κ3) is 6.23. The van der Waals surface area contributed by atoms with Crippen LogP contribution in [0.4, 0.5) is 17.1 Å². The molecule has 0 aliphatic rings. The van der Waals surface area contributed by atoms with Crippen molar-refractivity contribution in [3.8, 4) is 0 Å². The lowest BCUT2D eigenvalue weighted by Crippen LogP contribution is -2.27. The van der Waals surface area contributed by atoms with Crippen LogP contribution < -0.4 is 15.4 Å². The molecule has 0 heterocycles. The topological polar surface area (TPSA) is 87.3 Å². The predicted molar refractivity (Wildman–Crippen MR) is 127 cm³/mol. The first-order chi connectivity index (χ1) is 14.6. The van der Waals surface area contributed by atoms with Crippen molar-refractivity contribution >= 4 is 44.6 Å². The van der Waals surface area contributed by atoms with Gasteiger partial charge in [-0.2, -0.15) is 0 Å². The highest BCUT2D eigenvalue weighted by atomic mass is 35.5. The van der Waals surface area contributed by atoms with Crippen molar-refractivity contribution in [3.05, 3.63) is 88.4 Å². The number of rotatable bonds is 7. The highest BCUT2D eigenvalue weighted by Crippen LogP contribution is 2.27. The average molecular weight is 458 g/mol. The fourth-order valence-corrected chi connectivity index (χ4v) is 3.82. The SMILES string of the molecule is Cc1ccc(NC(=O)C(Nc2ccc(C)c(NS(C)(=O)=O)c2)c2ccccc2)cc1Cl. The van der Waals surface area contributed by atoms with E-state index < -0.39 is 16.1 Å². The molecule has 6 nitrogen and oxygen atoms in total. The molecule has 3 aromatic carbocycles. The van der Waals surface area contributed by atoms with E-state index in [0.717, 1.165) is 22.9 Å². The van der Waals surface area contributed by atoms with Gasteiger partial charge in [-0.05, 0) is 54.8 Å². The lowest BCUT2D eigenvalue weighted by molar-refractivity contribution is -0.117. The van der Waals surface area contributed by atoms with Crippen LogP contribution in [-0.4, -0.2) is 20.6 Å². The Balaban J connectivity index is 1.90. The van der Waals surface area contributed by atoms with Gasteiger partial charge in [-0.15, -0.1) is 0 Å². The summed E-state index contributed by atoms with van der Waals surface area (Å²) < 4.78 is 25.8. The van der Waals surface area contributed by atoms with Crippen molar-refractivity contribution < 1.29 is 13.2 Å².